The molecule has 1 atom stereocenters. The summed E-state index contributed by atoms with van der Waals surface area (Å²) in [5.74, 6) is -0.824. The van der Waals surface area contributed by atoms with Crippen molar-refractivity contribution in [3.8, 4) is 0 Å². The fraction of sp³-hybridized carbons (Fsp3) is 0.800. The molecule has 0 heterocycles. The maximum atomic E-state index is 10.0. The predicted octanol–water partition coefficient (Wildman–Crippen LogP) is 1.59. The summed E-state index contributed by atoms with van der Waals surface area (Å²) in [5.41, 5.74) is 0. The predicted molar refractivity (Wildman–Crippen MR) is 42.6 cm³/mol. The first-order valence-corrected chi connectivity index (χ1v) is 3.11. The molecule has 0 aliphatic rings. The smallest absolute Gasteiger partial charge is 0.316 e. The Morgan fingerprint density at radius 2 is 2.22 bits per heavy atom. The first-order valence-electron chi connectivity index (χ1n) is 2.59. The second-order valence-corrected chi connectivity index (χ2v) is 2.27. The molecular weight excluding hydrogens is 160 g/mol. The first-order chi connectivity index (χ1) is 3.68. The van der Waals surface area contributed by atoms with E-state index in [9.17, 15) is 4.79 Å². The highest BCUT2D eigenvalue weighted by Gasteiger charge is 2.08. The van der Waals surface area contributed by atoms with Crippen LogP contribution in [0.5, 0.6) is 0 Å². The van der Waals surface area contributed by atoms with Crippen molar-refractivity contribution >= 4 is 31.0 Å². The van der Waals surface area contributed by atoms with Gasteiger partial charge < -0.3 is 5.11 Å². The molecule has 0 saturated heterocycles. The number of hydrogen-bond donors (Lipinski definition) is 2. The molecule has 0 fully saturated rings. The van der Waals surface area contributed by atoms with Crippen molar-refractivity contribution in [2.45, 2.75) is 25.0 Å². The molecular formula is C5H11ClO2S. The van der Waals surface area contributed by atoms with Crippen molar-refractivity contribution < 1.29 is 9.90 Å². The third-order valence-electron chi connectivity index (χ3n) is 0.847. The fourth-order valence-corrected chi connectivity index (χ4v) is 0.655. The van der Waals surface area contributed by atoms with Gasteiger partial charge in [-0.1, -0.05) is 13.3 Å². The minimum Gasteiger partial charge on any atom is -0.480 e. The van der Waals surface area contributed by atoms with Crippen molar-refractivity contribution in [2.24, 2.45) is 0 Å². The Hall–Kier alpha value is 0.110. The number of carboxylic acids is 1. The fourth-order valence-electron chi connectivity index (χ4n) is 0.397. The summed E-state index contributed by atoms with van der Waals surface area (Å²) in [6, 6.07) is 0. The van der Waals surface area contributed by atoms with E-state index in [1.165, 1.54) is 0 Å². The number of carboxylic acid groups (broad SMARTS) is 1. The number of rotatable bonds is 3. The van der Waals surface area contributed by atoms with Gasteiger partial charge >= 0.3 is 5.97 Å². The summed E-state index contributed by atoms with van der Waals surface area (Å²) in [4.78, 5) is 10.0. The maximum absolute atomic E-state index is 10.0. The molecule has 0 aromatic heterocycles. The molecule has 0 amide bonds. The third-order valence-corrected chi connectivity index (χ3v) is 1.33. The highest BCUT2D eigenvalue weighted by Crippen LogP contribution is 2.02. The lowest BCUT2D eigenvalue weighted by Gasteiger charge is -1.99. The van der Waals surface area contributed by atoms with Crippen molar-refractivity contribution in [3.63, 3.8) is 0 Å². The van der Waals surface area contributed by atoms with E-state index in [0.29, 0.717) is 6.42 Å². The average molecular weight is 171 g/mol. The van der Waals surface area contributed by atoms with Gasteiger partial charge in [-0.15, -0.1) is 12.4 Å². The number of hydrogen-bond acceptors (Lipinski definition) is 2. The second-order valence-electron chi connectivity index (χ2n) is 1.64. The van der Waals surface area contributed by atoms with Crippen molar-refractivity contribution in [1.82, 2.24) is 0 Å². The topological polar surface area (TPSA) is 37.3 Å². The van der Waals surface area contributed by atoms with Crippen molar-refractivity contribution in [2.75, 3.05) is 0 Å². The SMILES string of the molecule is CCCC(S)C(=O)O.Cl. The van der Waals surface area contributed by atoms with Gasteiger partial charge in [-0.25, -0.2) is 0 Å². The molecule has 0 radical (unpaired) electrons. The number of thiol groups is 1. The van der Waals surface area contributed by atoms with E-state index in [1.54, 1.807) is 0 Å². The van der Waals surface area contributed by atoms with E-state index in [0.717, 1.165) is 6.42 Å². The summed E-state index contributed by atoms with van der Waals surface area (Å²) in [7, 11) is 0. The Bertz CT molecular complexity index is 87.0. The Kier molecular flexibility index (Phi) is 8.21. The van der Waals surface area contributed by atoms with E-state index < -0.39 is 11.2 Å². The monoisotopic (exact) mass is 170 g/mol. The summed E-state index contributed by atoms with van der Waals surface area (Å²) in [5, 5.41) is 7.76. The van der Waals surface area contributed by atoms with Gasteiger partial charge in [0.15, 0.2) is 0 Å². The Morgan fingerprint density at radius 3 is 2.33 bits per heavy atom. The molecule has 0 aliphatic carbocycles. The van der Waals surface area contributed by atoms with E-state index in [2.05, 4.69) is 12.6 Å². The number of carbonyl (C=O) groups is 1. The first kappa shape index (κ1) is 11.9. The molecule has 1 N–H and O–H groups in total. The molecule has 0 aliphatic heterocycles. The highest BCUT2D eigenvalue weighted by molar-refractivity contribution is 7.81. The molecule has 9 heavy (non-hydrogen) atoms. The van der Waals surface area contributed by atoms with Crippen molar-refractivity contribution in [3.05, 3.63) is 0 Å². The molecule has 2 nitrogen and oxygen atoms in total. The van der Waals surface area contributed by atoms with Crippen LogP contribution in [-0.4, -0.2) is 16.3 Å². The molecule has 0 aromatic rings. The molecule has 0 bridgehead atoms. The number of aliphatic carboxylic acids is 1. The minimum absolute atomic E-state index is 0. The van der Waals surface area contributed by atoms with E-state index in [1.807, 2.05) is 6.92 Å². The van der Waals surface area contributed by atoms with Crippen LogP contribution in [-0.2, 0) is 4.79 Å². The molecule has 0 aromatic carbocycles. The second kappa shape index (κ2) is 6.23. The van der Waals surface area contributed by atoms with Gasteiger partial charge in [-0.05, 0) is 6.42 Å². The van der Waals surface area contributed by atoms with Crippen molar-refractivity contribution in [1.29, 1.82) is 0 Å². The summed E-state index contributed by atoms with van der Waals surface area (Å²) in [6.45, 7) is 1.94. The normalized spacial score (nSPS) is 11.8. The van der Waals surface area contributed by atoms with Gasteiger partial charge in [0, 0.05) is 0 Å². The van der Waals surface area contributed by atoms with Crippen LogP contribution in [0.2, 0.25) is 0 Å². The zero-order valence-corrected chi connectivity index (χ0v) is 6.91. The van der Waals surface area contributed by atoms with E-state index >= 15 is 0 Å². The van der Waals surface area contributed by atoms with Gasteiger partial charge in [0.05, 0.1) is 5.25 Å². The highest BCUT2D eigenvalue weighted by atomic mass is 35.5. The average Bonchev–Trinajstić information content (AvgIpc) is 1.67. The lowest BCUT2D eigenvalue weighted by molar-refractivity contribution is -0.136. The van der Waals surface area contributed by atoms with Crippen LogP contribution >= 0.6 is 25.0 Å². The van der Waals surface area contributed by atoms with Gasteiger partial charge in [0.2, 0.25) is 0 Å². The Balaban J connectivity index is 0. The van der Waals surface area contributed by atoms with Gasteiger partial charge in [-0.2, -0.15) is 12.6 Å². The van der Waals surface area contributed by atoms with Crippen LogP contribution in [0.15, 0.2) is 0 Å². The summed E-state index contributed by atoms with van der Waals surface area (Å²) < 4.78 is 0. The largest absolute Gasteiger partial charge is 0.480 e. The van der Waals surface area contributed by atoms with Gasteiger partial charge in [-0.3, -0.25) is 4.79 Å². The standard InChI is InChI=1S/C5H10O2S.ClH/c1-2-3-4(8)5(6)7;/h4,8H,2-3H2,1H3,(H,6,7);1H. The molecule has 1 unspecified atom stereocenters. The summed E-state index contributed by atoms with van der Waals surface area (Å²) in [6.07, 6.45) is 1.53. The summed E-state index contributed by atoms with van der Waals surface area (Å²) >= 11 is 3.81. The Labute approximate surface area is 66.5 Å². The zero-order valence-electron chi connectivity index (χ0n) is 5.20. The lowest BCUT2D eigenvalue weighted by atomic mass is 10.2. The zero-order chi connectivity index (χ0) is 6.57. The Morgan fingerprint density at radius 1 is 1.78 bits per heavy atom. The molecule has 0 spiro atoms. The van der Waals surface area contributed by atoms with E-state index in [4.69, 9.17) is 5.11 Å². The lowest BCUT2D eigenvalue weighted by Crippen LogP contribution is -2.12. The maximum Gasteiger partial charge on any atom is 0.316 e. The quantitative estimate of drug-likeness (QED) is 0.632. The van der Waals surface area contributed by atoms with Gasteiger partial charge in [0.25, 0.3) is 0 Å². The molecule has 0 rings (SSSR count). The third kappa shape index (κ3) is 5.99. The minimum atomic E-state index is -0.824. The van der Waals surface area contributed by atoms with Crippen LogP contribution in [0.3, 0.4) is 0 Å². The van der Waals surface area contributed by atoms with Crippen LogP contribution in [0.25, 0.3) is 0 Å². The van der Waals surface area contributed by atoms with E-state index in [-0.39, 0.29) is 12.4 Å². The number of halogens is 1. The molecule has 56 valence electrons. The van der Waals surface area contributed by atoms with Crippen LogP contribution < -0.4 is 0 Å². The van der Waals surface area contributed by atoms with Gasteiger partial charge in [0.1, 0.15) is 0 Å². The van der Waals surface area contributed by atoms with Crippen LogP contribution in [0.1, 0.15) is 19.8 Å². The van der Waals surface area contributed by atoms with Crippen LogP contribution in [0, 0.1) is 0 Å². The molecule has 4 heteroatoms. The van der Waals surface area contributed by atoms with Crippen LogP contribution in [0.4, 0.5) is 0 Å². The molecule has 0 saturated carbocycles.